The molecule has 1 fully saturated rings. The van der Waals surface area contributed by atoms with E-state index in [9.17, 15) is 14.7 Å². The molecule has 2 heterocycles. The maximum absolute atomic E-state index is 13.2. The molecule has 7 nitrogen and oxygen atoms in total. The van der Waals surface area contributed by atoms with Crippen molar-refractivity contribution < 1.29 is 28.9 Å². The maximum Gasteiger partial charge on any atom is 0.295 e. The molecule has 0 aliphatic carbocycles. The average Bonchev–Trinajstić information content (AvgIpc) is 3.10. The second-order valence-electron chi connectivity index (χ2n) is 9.04. The summed E-state index contributed by atoms with van der Waals surface area (Å²) < 4.78 is 16.7. The van der Waals surface area contributed by atoms with Crippen LogP contribution in [0.5, 0.6) is 11.5 Å². The SMILES string of the molecule is COCCN1C(=O)C(=O)/C(=C(\O)c2ccc3c(c2)CCCO3)C1c1cccc(OCC(C)C)c1. The lowest BCUT2D eigenvalue weighted by Crippen LogP contribution is -2.32. The number of hydrogen-bond donors (Lipinski definition) is 1. The summed E-state index contributed by atoms with van der Waals surface area (Å²) in [6, 6.07) is 12.0. The number of aliphatic hydroxyl groups excluding tert-OH is 1. The molecule has 2 aliphatic heterocycles. The minimum Gasteiger partial charge on any atom is -0.507 e. The first kappa shape index (κ1) is 23.8. The number of benzene rings is 2. The smallest absolute Gasteiger partial charge is 0.295 e. The fourth-order valence-electron chi connectivity index (χ4n) is 4.35. The topological polar surface area (TPSA) is 85.3 Å². The first-order valence-corrected chi connectivity index (χ1v) is 11.7. The Morgan fingerprint density at radius 2 is 2.03 bits per heavy atom. The number of Topliss-reactive ketones (excluding diaryl/α,β-unsaturated/α-hetero) is 1. The van der Waals surface area contributed by atoms with Gasteiger partial charge in [-0.05, 0) is 60.2 Å². The van der Waals surface area contributed by atoms with Crippen molar-refractivity contribution in [2.24, 2.45) is 5.92 Å². The van der Waals surface area contributed by atoms with Gasteiger partial charge in [0.15, 0.2) is 0 Å². The van der Waals surface area contributed by atoms with E-state index in [1.165, 1.54) is 4.90 Å². The van der Waals surface area contributed by atoms with Gasteiger partial charge in [0.05, 0.1) is 31.4 Å². The first-order valence-electron chi connectivity index (χ1n) is 11.7. The Morgan fingerprint density at radius 1 is 1.21 bits per heavy atom. The van der Waals surface area contributed by atoms with Gasteiger partial charge in [0.2, 0.25) is 0 Å². The van der Waals surface area contributed by atoms with Crippen LogP contribution in [0.4, 0.5) is 0 Å². The van der Waals surface area contributed by atoms with Crippen LogP contribution in [0.3, 0.4) is 0 Å². The molecule has 2 aromatic carbocycles. The number of fused-ring (bicyclic) bond motifs is 1. The number of aryl methyl sites for hydroxylation is 1. The molecule has 1 unspecified atom stereocenters. The summed E-state index contributed by atoms with van der Waals surface area (Å²) >= 11 is 0. The standard InChI is InChI=1S/C27H31NO6/c1-17(2)16-34-21-8-4-6-19(15-21)24-23(26(30)27(31)28(24)11-13-32-3)25(29)20-9-10-22-18(14-20)7-5-12-33-22/h4,6,8-10,14-15,17,24,29H,5,7,11-13,16H2,1-3H3/b25-23-. The van der Waals surface area contributed by atoms with E-state index in [4.69, 9.17) is 14.2 Å². The molecule has 0 spiro atoms. The fraction of sp³-hybridized carbons (Fsp3) is 0.407. The third kappa shape index (κ3) is 4.80. The van der Waals surface area contributed by atoms with E-state index in [1.54, 1.807) is 19.2 Å². The molecule has 180 valence electrons. The highest BCUT2D eigenvalue weighted by atomic mass is 16.5. The quantitative estimate of drug-likeness (QED) is 0.359. The van der Waals surface area contributed by atoms with Crippen molar-refractivity contribution in [3.63, 3.8) is 0 Å². The number of amides is 1. The molecule has 7 heteroatoms. The number of methoxy groups -OCH3 is 1. The van der Waals surface area contributed by atoms with Gasteiger partial charge in [0.1, 0.15) is 17.3 Å². The Bertz CT molecular complexity index is 1110. The third-order valence-corrected chi connectivity index (χ3v) is 6.02. The summed E-state index contributed by atoms with van der Waals surface area (Å²) in [7, 11) is 1.54. The number of carbonyl (C=O) groups excluding carboxylic acids is 2. The maximum atomic E-state index is 13.2. The molecular weight excluding hydrogens is 434 g/mol. The lowest BCUT2D eigenvalue weighted by atomic mass is 9.94. The Kier molecular flexibility index (Phi) is 7.22. The highest BCUT2D eigenvalue weighted by Gasteiger charge is 2.46. The molecule has 2 aromatic rings. The van der Waals surface area contributed by atoms with Crippen molar-refractivity contribution in [3.05, 3.63) is 64.7 Å². The van der Waals surface area contributed by atoms with Crippen LogP contribution in [-0.4, -0.2) is 55.2 Å². The summed E-state index contributed by atoms with van der Waals surface area (Å²) in [6.07, 6.45) is 1.72. The van der Waals surface area contributed by atoms with Gasteiger partial charge in [0.25, 0.3) is 11.7 Å². The van der Waals surface area contributed by atoms with Gasteiger partial charge in [-0.2, -0.15) is 0 Å². The zero-order valence-corrected chi connectivity index (χ0v) is 19.9. The zero-order valence-electron chi connectivity index (χ0n) is 19.9. The second kappa shape index (κ2) is 10.3. The monoisotopic (exact) mass is 465 g/mol. The van der Waals surface area contributed by atoms with Crippen molar-refractivity contribution in [2.75, 3.05) is 33.5 Å². The molecule has 0 bridgehead atoms. The fourth-order valence-corrected chi connectivity index (χ4v) is 4.35. The molecule has 2 aliphatic rings. The number of hydrogen-bond acceptors (Lipinski definition) is 6. The van der Waals surface area contributed by atoms with E-state index in [2.05, 4.69) is 13.8 Å². The normalized spacial score (nSPS) is 19.3. The molecule has 0 radical (unpaired) electrons. The predicted molar refractivity (Wildman–Crippen MR) is 128 cm³/mol. The summed E-state index contributed by atoms with van der Waals surface area (Å²) in [6.45, 7) is 5.82. The van der Waals surface area contributed by atoms with Crippen LogP contribution in [-0.2, 0) is 20.7 Å². The predicted octanol–water partition coefficient (Wildman–Crippen LogP) is 4.11. The molecule has 1 atom stereocenters. The van der Waals surface area contributed by atoms with Gasteiger partial charge < -0.3 is 24.2 Å². The van der Waals surface area contributed by atoms with E-state index in [1.807, 2.05) is 30.3 Å². The summed E-state index contributed by atoms with van der Waals surface area (Å²) in [5.41, 5.74) is 2.23. The lowest BCUT2D eigenvalue weighted by Gasteiger charge is -2.25. The highest BCUT2D eigenvalue weighted by molar-refractivity contribution is 6.46. The second-order valence-corrected chi connectivity index (χ2v) is 9.04. The molecular formula is C27H31NO6. The van der Waals surface area contributed by atoms with E-state index < -0.39 is 17.7 Å². The summed E-state index contributed by atoms with van der Waals surface area (Å²) in [5, 5.41) is 11.3. The number of ether oxygens (including phenoxy) is 3. The molecule has 1 saturated heterocycles. The minimum absolute atomic E-state index is 0.0683. The van der Waals surface area contributed by atoms with Gasteiger partial charge in [-0.15, -0.1) is 0 Å². The van der Waals surface area contributed by atoms with Crippen LogP contribution in [0.2, 0.25) is 0 Å². The van der Waals surface area contributed by atoms with Crippen LogP contribution >= 0.6 is 0 Å². The number of ketones is 1. The van der Waals surface area contributed by atoms with Gasteiger partial charge in [-0.25, -0.2) is 0 Å². The van der Waals surface area contributed by atoms with Crippen molar-refractivity contribution in [1.29, 1.82) is 0 Å². The van der Waals surface area contributed by atoms with Gasteiger partial charge >= 0.3 is 0 Å². The van der Waals surface area contributed by atoms with Crippen LogP contribution in [0.1, 0.15) is 43.0 Å². The summed E-state index contributed by atoms with van der Waals surface area (Å²) in [4.78, 5) is 27.6. The van der Waals surface area contributed by atoms with Crippen LogP contribution in [0.25, 0.3) is 5.76 Å². The Morgan fingerprint density at radius 3 is 2.79 bits per heavy atom. The van der Waals surface area contributed by atoms with Gasteiger partial charge in [-0.1, -0.05) is 26.0 Å². The molecule has 1 amide bonds. The molecule has 0 saturated carbocycles. The Labute approximate surface area is 199 Å². The summed E-state index contributed by atoms with van der Waals surface area (Å²) in [5.74, 6) is 0.234. The number of nitrogens with zero attached hydrogens (tertiary/aromatic N) is 1. The van der Waals surface area contributed by atoms with E-state index in [-0.39, 0.29) is 24.5 Å². The number of likely N-dealkylation sites (tertiary alicyclic amines) is 1. The minimum atomic E-state index is -0.745. The average molecular weight is 466 g/mol. The molecule has 1 N–H and O–H groups in total. The molecule has 4 rings (SSSR count). The highest BCUT2D eigenvalue weighted by Crippen LogP contribution is 2.40. The van der Waals surface area contributed by atoms with Crippen molar-refractivity contribution >= 4 is 17.4 Å². The zero-order chi connectivity index (χ0) is 24.2. The number of aliphatic hydroxyl groups is 1. The Hall–Kier alpha value is -3.32. The Balaban J connectivity index is 1.79. The van der Waals surface area contributed by atoms with Gasteiger partial charge in [0, 0.05) is 19.2 Å². The lowest BCUT2D eigenvalue weighted by molar-refractivity contribution is -0.140. The third-order valence-electron chi connectivity index (χ3n) is 6.02. The number of rotatable bonds is 8. The van der Waals surface area contributed by atoms with Crippen LogP contribution in [0, 0.1) is 5.92 Å². The van der Waals surface area contributed by atoms with Crippen molar-refractivity contribution in [1.82, 2.24) is 4.90 Å². The molecule has 34 heavy (non-hydrogen) atoms. The van der Waals surface area contributed by atoms with Crippen LogP contribution in [0.15, 0.2) is 48.0 Å². The van der Waals surface area contributed by atoms with Crippen molar-refractivity contribution in [3.8, 4) is 11.5 Å². The molecule has 0 aromatic heterocycles. The number of carbonyl (C=O) groups is 2. The first-order chi connectivity index (χ1) is 16.4. The van der Waals surface area contributed by atoms with E-state index in [0.29, 0.717) is 36.0 Å². The van der Waals surface area contributed by atoms with E-state index >= 15 is 0 Å². The van der Waals surface area contributed by atoms with E-state index in [0.717, 1.165) is 24.2 Å². The van der Waals surface area contributed by atoms with Gasteiger partial charge in [-0.3, -0.25) is 9.59 Å². The largest absolute Gasteiger partial charge is 0.507 e. The van der Waals surface area contributed by atoms with Crippen LogP contribution < -0.4 is 9.47 Å². The van der Waals surface area contributed by atoms with Crippen molar-refractivity contribution in [2.45, 2.75) is 32.7 Å².